The van der Waals surface area contributed by atoms with E-state index in [0.717, 1.165) is 11.1 Å². The Morgan fingerprint density at radius 1 is 0.929 bits per heavy atom. The fourth-order valence-corrected chi connectivity index (χ4v) is 3.14. The fraction of sp³-hybridized carbons (Fsp3) is 0.333. The lowest BCUT2D eigenvalue weighted by Crippen LogP contribution is -2.56. The Bertz CT molecular complexity index is 724. The molecule has 0 saturated carbocycles. The summed E-state index contributed by atoms with van der Waals surface area (Å²) in [5, 5.41) is 14.1. The molecular formula is C21H25N3O4. The van der Waals surface area contributed by atoms with Crippen molar-refractivity contribution in [2.75, 3.05) is 32.9 Å². The van der Waals surface area contributed by atoms with Gasteiger partial charge in [-0.25, -0.2) is 5.01 Å². The van der Waals surface area contributed by atoms with Crippen LogP contribution in [-0.4, -0.2) is 60.9 Å². The molecule has 7 heteroatoms. The molecule has 2 aromatic rings. The van der Waals surface area contributed by atoms with Crippen LogP contribution in [0.1, 0.15) is 17.0 Å². The maximum Gasteiger partial charge on any atom is 0.259 e. The van der Waals surface area contributed by atoms with Crippen LogP contribution in [0.2, 0.25) is 0 Å². The number of benzene rings is 2. The molecule has 2 aromatic carbocycles. The number of aliphatic hydroxyl groups excluding tert-OH is 1. The van der Waals surface area contributed by atoms with Gasteiger partial charge in [0.05, 0.1) is 25.7 Å². The predicted octanol–water partition coefficient (Wildman–Crippen LogP) is 0.659. The molecule has 3 N–H and O–H groups in total. The minimum atomic E-state index is -1.04. The quantitative estimate of drug-likeness (QED) is 0.653. The molecule has 148 valence electrons. The first-order valence-electron chi connectivity index (χ1n) is 9.33. The zero-order chi connectivity index (χ0) is 19.8. The van der Waals surface area contributed by atoms with Gasteiger partial charge < -0.3 is 15.2 Å². The summed E-state index contributed by atoms with van der Waals surface area (Å²) in [6.45, 7) is 1.70. The zero-order valence-corrected chi connectivity index (χ0v) is 15.6. The van der Waals surface area contributed by atoms with E-state index in [4.69, 9.17) is 4.74 Å². The van der Waals surface area contributed by atoms with Gasteiger partial charge in [-0.05, 0) is 11.1 Å². The van der Waals surface area contributed by atoms with Crippen LogP contribution in [0.3, 0.4) is 0 Å². The lowest BCUT2D eigenvalue weighted by Gasteiger charge is -2.29. The van der Waals surface area contributed by atoms with Gasteiger partial charge in [0.15, 0.2) is 0 Å². The number of carbonyl (C=O) groups excluding carboxylic acids is 2. The Labute approximate surface area is 164 Å². The van der Waals surface area contributed by atoms with Crippen LogP contribution in [0.5, 0.6) is 0 Å². The second-order valence-electron chi connectivity index (χ2n) is 6.57. The molecular weight excluding hydrogens is 358 g/mol. The highest BCUT2D eigenvalue weighted by atomic mass is 16.5. The standard InChI is InChI=1S/C21H25N3O4/c25-15-18(20(26)23-24-11-13-28-14-12-24)22-21(27)19(16-7-3-1-4-8-16)17-9-5-2-6-10-17/h1-10,18-19,25H,11-15H2,(H,22,27)(H,23,26)/t18-/m0/s1. The third kappa shape index (κ3) is 5.16. The van der Waals surface area contributed by atoms with E-state index in [1.54, 1.807) is 5.01 Å². The minimum Gasteiger partial charge on any atom is -0.394 e. The Morgan fingerprint density at radius 2 is 1.46 bits per heavy atom. The monoisotopic (exact) mass is 383 g/mol. The molecule has 0 bridgehead atoms. The summed E-state index contributed by atoms with van der Waals surface area (Å²) < 4.78 is 5.25. The molecule has 0 unspecified atom stereocenters. The van der Waals surface area contributed by atoms with Crippen molar-refractivity contribution in [2.45, 2.75) is 12.0 Å². The van der Waals surface area contributed by atoms with Crippen molar-refractivity contribution in [3.8, 4) is 0 Å². The number of hydrogen-bond acceptors (Lipinski definition) is 5. The molecule has 1 heterocycles. The van der Waals surface area contributed by atoms with Gasteiger partial charge in [0.2, 0.25) is 5.91 Å². The number of nitrogens with one attached hydrogen (secondary N) is 2. The minimum absolute atomic E-state index is 0.339. The maximum atomic E-state index is 13.1. The molecule has 7 nitrogen and oxygen atoms in total. The van der Waals surface area contributed by atoms with Gasteiger partial charge in [-0.1, -0.05) is 60.7 Å². The first-order chi connectivity index (χ1) is 13.7. The van der Waals surface area contributed by atoms with Gasteiger partial charge in [-0.15, -0.1) is 0 Å². The van der Waals surface area contributed by atoms with Gasteiger partial charge in [0.25, 0.3) is 5.91 Å². The second kappa shape index (κ2) is 9.98. The van der Waals surface area contributed by atoms with Crippen LogP contribution in [0.4, 0.5) is 0 Å². The molecule has 28 heavy (non-hydrogen) atoms. The number of rotatable bonds is 7. The molecule has 1 aliphatic rings. The lowest BCUT2D eigenvalue weighted by molar-refractivity contribution is -0.135. The molecule has 1 aliphatic heterocycles. The summed E-state index contributed by atoms with van der Waals surface area (Å²) in [6, 6.07) is 17.7. The molecule has 2 amide bonds. The number of hydrazine groups is 1. The number of morpholine rings is 1. The topological polar surface area (TPSA) is 90.9 Å². The van der Waals surface area contributed by atoms with E-state index in [1.165, 1.54) is 0 Å². The zero-order valence-electron chi connectivity index (χ0n) is 15.6. The highest BCUT2D eigenvalue weighted by Crippen LogP contribution is 2.24. The highest BCUT2D eigenvalue weighted by Gasteiger charge is 2.28. The van der Waals surface area contributed by atoms with Gasteiger partial charge in [-0.2, -0.15) is 0 Å². The number of ether oxygens (including phenoxy) is 1. The van der Waals surface area contributed by atoms with Crippen molar-refractivity contribution in [3.63, 3.8) is 0 Å². The van der Waals surface area contributed by atoms with Crippen molar-refractivity contribution < 1.29 is 19.4 Å². The van der Waals surface area contributed by atoms with E-state index in [0.29, 0.717) is 26.3 Å². The smallest absolute Gasteiger partial charge is 0.259 e. The van der Waals surface area contributed by atoms with E-state index in [1.807, 2.05) is 60.7 Å². The third-order valence-electron chi connectivity index (χ3n) is 4.62. The number of hydrogen-bond donors (Lipinski definition) is 3. The van der Waals surface area contributed by atoms with Gasteiger partial charge >= 0.3 is 0 Å². The van der Waals surface area contributed by atoms with Gasteiger partial charge in [0, 0.05) is 13.1 Å². The van der Waals surface area contributed by atoms with E-state index >= 15 is 0 Å². The first kappa shape index (κ1) is 20.0. The Hall–Kier alpha value is -2.74. The second-order valence-corrected chi connectivity index (χ2v) is 6.57. The number of aliphatic hydroxyl groups is 1. The highest BCUT2D eigenvalue weighted by molar-refractivity contribution is 5.92. The molecule has 0 aliphatic carbocycles. The predicted molar refractivity (Wildman–Crippen MR) is 104 cm³/mol. The summed E-state index contributed by atoms with van der Waals surface area (Å²) in [7, 11) is 0. The number of carbonyl (C=O) groups is 2. The summed E-state index contributed by atoms with van der Waals surface area (Å²) in [5.74, 6) is -1.36. The SMILES string of the molecule is O=C(N[C@@H](CO)C(=O)NN1CCOCC1)C(c1ccccc1)c1ccccc1. The average molecular weight is 383 g/mol. The van der Waals surface area contributed by atoms with Crippen LogP contribution >= 0.6 is 0 Å². The average Bonchev–Trinajstić information content (AvgIpc) is 2.74. The number of amides is 2. The fourth-order valence-electron chi connectivity index (χ4n) is 3.14. The first-order valence-corrected chi connectivity index (χ1v) is 9.33. The van der Waals surface area contributed by atoms with Crippen LogP contribution in [0, 0.1) is 0 Å². The van der Waals surface area contributed by atoms with E-state index in [9.17, 15) is 14.7 Å². The lowest BCUT2D eigenvalue weighted by atomic mass is 9.90. The van der Waals surface area contributed by atoms with Crippen LogP contribution < -0.4 is 10.7 Å². The van der Waals surface area contributed by atoms with E-state index in [2.05, 4.69) is 10.7 Å². The molecule has 1 saturated heterocycles. The summed E-state index contributed by atoms with van der Waals surface area (Å²) in [6.07, 6.45) is 0. The van der Waals surface area contributed by atoms with Crippen molar-refractivity contribution in [3.05, 3.63) is 71.8 Å². The normalized spacial score (nSPS) is 15.8. The number of nitrogens with zero attached hydrogens (tertiary/aromatic N) is 1. The summed E-state index contributed by atoms with van der Waals surface area (Å²) in [4.78, 5) is 25.6. The molecule has 0 spiro atoms. The molecule has 1 atom stereocenters. The third-order valence-corrected chi connectivity index (χ3v) is 4.62. The van der Waals surface area contributed by atoms with E-state index < -0.39 is 24.5 Å². The van der Waals surface area contributed by atoms with Crippen molar-refractivity contribution in [1.82, 2.24) is 15.8 Å². The van der Waals surface area contributed by atoms with Gasteiger partial charge in [-0.3, -0.25) is 15.0 Å². The van der Waals surface area contributed by atoms with Crippen molar-refractivity contribution in [1.29, 1.82) is 0 Å². The molecule has 1 fully saturated rings. The maximum absolute atomic E-state index is 13.1. The molecule has 3 rings (SSSR count). The van der Waals surface area contributed by atoms with Gasteiger partial charge in [0.1, 0.15) is 6.04 Å². The van der Waals surface area contributed by atoms with E-state index in [-0.39, 0.29) is 5.91 Å². The summed E-state index contributed by atoms with van der Waals surface area (Å²) in [5.41, 5.74) is 4.37. The van der Waals surface area contributed by atoms with Crippen molar-refractivity contribution >= 4 is 11.8 Å². The van der Waals surface area contributed by atoms with Crippen molar-refractivity contribution in [2.24, 2.45) is 0 Å². The molecule has 0 aromatic heterocycles. The molecule has 0 radical (unpaired) electrons. The van der Waals surface area contributed by atoms with Crippen LogP contribution in [0.25, 0.3) is 0 Å². The largest absolute Gasteiger partial charge is 0.394 e. The van der Waals surface area contributed by atoms with Crippen LogP contribution in [-0.2, 0) is 14.3 Å². The Morgan fingerprint density at radius 3 is 1.96 bits per heavy atom. The Kier molecular flexibility index (Phi) is 7.13. The Balaban J connectivity index is 1.73. The van der Waals surface area contributed by atoms with Crippen LogP contribution in [0.15, 0.2) is 60.7 Å². The summed E-state index contributed by atoms with van der Waals surface area (Å²) >= 11 is 0.